The van der Waals surface area contributed by atoms with Gasteiger partial charge in [-0.2, -0.15) is 0 Å². The smallest absolute Gasteiger partial charge is 0.309 e. The zero-order valence-electron chi connectivity index (χ0n) is 21.3. The third-order valence-corrected chi connectivity index (χ3v) is 6.86. The monoisotopic (exact) mass is 452 g/mol. The summed E-state index contributed by atoms with van der Waals surface area (Å²) in [5.41, 5.74) is 0. The van der Waals surface area contributed by atoms with Crippen LogP contribution in [0.2, 0.25) is 0 Å². The van der Waals surface area contributed by atoms with Gasteiger partial charge in [-0.15, -0.1) is 0 Å². The molecule has 0 aromatic carbocycles. The molecule has 1 saturated carbocycles. The van der Waals surface area contributed by atoms with Crippen LogP contribution in [0.15, 0.2) is 0 Å². The zero-order valence-corrected chi connectivity index (χ0v) is 21.3. The Morgan fingerprint density at radius 1 is 0.531 bits per heavy atom. The highest BCUT2D eigenvalue weighted by molar-refractivity contribution is 5.82. The van der Waals surface area contributed by atoms with Crippen LogP contribution in [0.5, 0.6) is 0 Å². The molecular weight excluding hydrogens is 400 g/mol. The topological polar surface area (TPSA) is 52.6 Å². The number of carbonyl (C=O) groups excluding carboxylic acids is 2. The van der Waals surface area contributed by atoms with Gasteiger partial charge in [0.15, 0.2) is 0 Å². The number of hydrogen-bond acceptors (Lipinski definition) is 4. The fourth-order valence-electron chi connectivity index (χ4n) is 4.73. The molecule has 1 fully saturated rings. The van der Waals surface area contributed by atoms with Crippen molar-refractivity contribution in [2.75, 3.05) is 13.2 Å². The minimum atomic E-state index is -0.302. The highest BCUT2D eigenvalue weighted by atomic mass is 16.5. The van der Waals surface area contributed by atoms with Crippen LogP contribution in [0, 0.1) is 11.8 Å². The summed E-state index contributed by atoms with van der Waals surface area (Å²) in [6.45, 7) is 5.43. The van der Waals surface area contributed by atoms with Crippen LogP contribution < -0.4 is 0 Å². The molecule has 4 heteroatoms. The summed E-state index contributed by atoms with van der Waals surface area (Å²) >= 11 is 0. The van der Waals surface area contributed by atoms with E-state index in [1.165, 1.54) is 77.0 Å². The molecular formula is C28H52O4. The summed E-state index contributed by atoms with van der Waals surface area (Å²) in [5.74, 6) is -0.966. The third kappa shape index (κ3) is 14.2. The van der Waals surface area contributed by atoms with Gasteiger partial charge in [0, 0.05) is 0 Å². The molecule has 188 valence electrons. The van der Waals surface area contributed by atoms with Crippen molar-refractivity contribution in [1.82, 2.24) is 0 Å². The van der Waals surface area contributed by atoms with Crippen LogP contribution in [0.3, 0.4) is 0 Å². The van der Waals surface area contributed by atoms with Crippen molar-refractivity contribution in [2.24, 2.45) is 11.8 Å². The van der Waals surface area contributed by atoms with Gasteiger partial charge in [-0.25, -0.2) is 0 Å². The lowest BCUT2D eigenvalue weighted by molar-refractivity contribution is -0.163. The molecule has 1 aliphatic rings. The lowest BCUT2D eigenvalue weighted by Crippen LogP contribution is -2.35. The van der Waals surface area contributed by atoms with Gasteiger partial charge in [0.25, 0.3) is 0 Å². The van der Waals surface area contributed by atoms with E-state index in [1.54, 1.807) is 0 Å². The number of esters is 2. The SMILES string of the molecule is CCCCCCCCCCCCCOC(=O)C1CCCCC1C(=O)OCCCCCCC. The minimum Gasteiger partial charge on any atom is -0.465 e. The van der Waals surface area contributed by atoms with E-state index in [0.29, 0.717) is 13.2 Å². The van der Waals surface area contributed by atoms with Gasteiger partial charge in [-0.3, -0.25) is 9.59 Å². The summed E-state index contributed by atoms with van der Waals surface area (Å²) in [5, 5.41) is 0. The molecule has 0 aromatic rings. The molecule has 0 aliphatic heterocycles. The van der Waals surface area contributed by atoms with E-state index >= 15 is 0 Å². The molecule has 0 heterocycles. The lowest BCUT2D eigenvalue weighted by atomic mass is 9.79. The van der Waals surface area contributed by atoms with E-state index in [9.17, 15) is 9.59 Å². The number of hydrogen-bond donors (Lipinski definition) is 0. The number of ether oxygens (including phenoxy) is 2. The Kier molecular flexibility index (Phi) is 18.6. The third-order valence-electron chi connectivity index (χ3n) is 6.86. The highest BCUT2D eigenvalue weighted by Gasteiger charge is 2.37. The zero-order chi connectivity index (χ0) is 23.3. The van der Waals surface area contributed by atoms with Crippen LogP contribution in [-0.4, -0.2) is 25.2 Å². The maximum absolute atomic E-state index is 12.6. The minimum absolute atomic E-state index is 0.179. The van der Waals surface area contributed by atoms with Gasteiger partial charge in [0.2, 0.25) is 0 Å². The van der Waals surface area contributed by atoms with Crippen molar-refractivity contribution in [2.45, 2.75) is 142 Å². The summed E-state index contributed by atoms with van der Waals surface area (Å²) in [6, 6.07) is 0. The van der Waals surface area contributed by atoms with Gasteiger partial charge in [0.1, 0.15) is 0 Å². The van der Waals surface area contributed by atoms with Crippen LogP contribution >= 0.6 is 0 Å². The summed E-state index contributed by atoms with van der Waals surface area (Å²) in [6.07, 6.45) is 23.3. The quantitative estimate of drug-likeness (QED) is 0.138. The first-order valence-electron chi connectivity index (χ1n) is 14.0. The van der Waals surface area contributed by atoms with Crippen molar-refractivity contribution in [3.63, 3.8) is 0 Å². The van der Waals surface area contributed by atoms with E-state index in [1.807, 2.05) is 0 Å². The molecule has 2 unspecified atom stereocenters. The van der Waals surface area contributed by atoms with Gasteiger partial charge in [0.05, 0.1) is 25.0 Å². The Balaban J connectivity index is 2.11. The molecule has 0 radical (unpaired) electrons. The molecule has 0 spiro atoms. The molecule has 4 nitrogen and oxygen atoms in total. The predicted octanol–water partition coefficient (Wildman–Crippen LogP) is 8.16. The Labute approximate surface area is 198 Å². The van der Waals surface area contributed by atoms with E-state index in [-0.39, 0.29) is 23.8 Å². The lowest BCUT2D eigenvalue weighted by Gasteiger charge is -2.28. The first kappa shape index (κ1) is 29.0. The Bertz CT molecular complexity index is 462. The molecule has 0 amide bonds. The van der Waals surface area contributed by atoms with Crippen molar-refractivity contribution in [3.8, 4) is 0 Å². The normalized spacial score (nSPS) is 18.4. The molecule has 0 N–H and O–H groups in total. The van der Waals surface area contributed by atoms with Crippen molar-refractivity contribution >= 4 is 11.9 Å². The van der Waals surface area contributed by atoms with E-state index in [4.69, 9.17) is 9.47 Å². The average molecular weight is 453 g/mol. The number of carbonyl (C=O) groups is 2. The maximum Gasteiger partial charge on any atom is 0.309 e. The molecule has 0 aromatic heterocycles. The van der Waals surface area contributed by atoms with Crippen molar-refractivity contribution < 1.29 is 19.1 Å². The Hall–Kier alpha value is -1.06. The van der Waals surface area contributed by atoms with Gasteiger partial charge >= 0.3 is 11.9 Å². The largest absolute Gasteiger partial charge is 0.465 e. The Morgan fingerprint density at radius 3 is 1.19 bits per heavy atom. The van der Waals surface area contributed by atoms with Crippen molar-refractivity contribution in [1.29, 1.82) is 0 Å². The summed E-state index contributed by atoms with van der Waals surface area (Å²) < 4.78 is 11.1. The number of rotatable bonds is 20. The van der Waals surface area contributed by atoms with E-state index in [2.05, 4.69) is 13.8 Å². The summed E-state index contributed by atoms with van der Waals surface area (Å²) in [7, 11) is 0. The van der Waals surface area contributed by atoms with Gasteiger partial charge < -0.3 is 9.47 Å². The molecule has 1 rings (SSSR count). The van der Waals surface area contributed by atoms with E-state index < -0.39 is 0 Å². The first-order chi connectivity index (χ1) is 15.7. The second kappa shape index (κ2) is 20.5. The van der Waals surface area contributed by atoms with Crippen LogP contribution in [0.1, 0.15) is 142 Å². The van der Waals surface area contributed by atoms with Gasteiger partial charge in [-0.1, -0.05) is 117 Å². The molecule has 0 saturated heterocycles. The first-order valence-corrected chi connectivity index (χ1v) is 14.0. The van der Waals surface area contributed by atoms with Gasteiger partial charge in [-0.05, 0) is 25.7 Å². The predicted molar refractivity (Wildman–Crippen MR) is 133 cm³/mol. The van der Waals surface area contributed by atoms with Crippen LogP contribution in [0.4, 0.5) is 0 Å². The van der Waals surface area contributed by atoms with Crippen molar-refractivity contribution in [3.05, 3.63) is 0 Å². The molecule has 0 bridgehead atoms. The van der Waals surface area contributed by atoms with Crippen LogP contribution in [0.25, 0.3) is 0 Å². The standard InChI is InChI=1S/C28H52O4/c1-3-5-7-9-10-11-12-13-14-16-20-24-32-28(30)26-22-18-17-21-25(26)27(29)31-23-19-15-8-6-4-2/h25-26H,3-24H2,1-2H3. The van der Waals surface area contributed by atoms with Crippen LogP contribution in [-0.2, 0) is 19.1 Å². The second-order valence-electron chi connectivity index (χ2n) is 9.78. The average Bonchev–Trinajstić information content (AvgIpc) is 2.81. The molecule has 2 atom stereocenters. The fraction of sp³-hybridized carbons (Fsp3) is 0.929. The molecule has 1 aliphatic carbocycles. The fourth-order valence-corrected chi connectivity index (χ4v) is 4.73. The van der Waals surface area contributed by atoms with E-state index in [0.717, 1.165) is 51.4 Å². The Morgan fingerprint density at radius 2 is 0.844 bits per heavy atom. The molecule has 32 heavy (non-hydrogen) atoms. The maximum atomic E-state index is 12.6. The summed E-state index contributed by atoms with van der Waals surface area (Å²) in [4.78, 5) is 25.2. The highest BCUT2D eigenvalue weighted by Crippen LogP contribution is 2.32. The second-order valence-corrected chi connectivity index (χ2v) is 9.78. The number of unbranched alkanes of at least 4 members (excludes halogenated alkanes) is 14.